The molecule has 0 amide bonds. The van der Waals surface area contributed by atoms with Gasteiger partial charge in [0, 0.05) is 11.6 Å². The minimum atomic E-state index is -0.844. The predicted octanol–water partition coefficient (Wildman–Crippen LogP) is 5.10. The summed E-state index contributed by atoms with van der Waals surface area (Å²) in [5.74, 6) is -0.844. The Balaban J connectivity index is 3.68. The van der Waals surface area contributed by atoms with Gasteiger partial charge < -0.3 is 10.8 Å². The highest BCUT2D eigenvalue weighted by molar-refractivity contribution is 5.85. The zero-order valence-electron chi connectivity index (χ0n) is 14.9. The number of unbranched alkanes of at least 4 members (excludes halogenated alkanes) is 2. The third-order valence-corrected chi connectivity index (χ3v) is 3.12. The van der Waals surface area contributed by atoms with Gasteiger partial charge in [-0.25, -0.2) is 4.79 Å². The molecule has 0 aliphatic heterocycles. The molecule has 0 bridgehead atoms. The van der Waals surface area contributed by atoms with E-state index < -0.39 is 5.97 Å². The fourth-order valence-electron chi connectivity index (χ4n) is 1.70. The van der Waals surface area contributed by atoms with Crippen molar-refractivity contribution in [2.45, 2.75) is 52.0 Å². The lowest BCUT2D eigenvalue weighted by molar-refractivity contribution is -0.132. The molecule has 0 saturated heterocycles. The summed E-state index contributed by atoms with van der Waals surface area (Å²) in [6.07, 6.45) is 26.8. The maximum absolute atomic E-state index is 10.6. The predicted molar refractivity (Wildman–Crippen MR) is 104 cm³/mol. The van der Waals surface area contributed by atoms with E-state index in [4.69, 9.17) is 10.8 Å². The van der Waals surface area contributed by atoms with Crippen LogP contribution < -0.4 is 5.73 Å². The number of carboxylic acid groups (broad SMARTS) is 1. The number of carbonyl (C=O) groups is 1. The van der Waals surface area contributed by atoms with Gasteiger partial charge in [-0.1, -0.05) is 66.8 Å². The van der Waals surface area contributed by atoms with E-state index in [0.29, 0.717) is 5.57 Å². The van der Waals surface area contributed by atoms with Crippen LogP contribution in [0.2, 0.25) is 0 Å². The lowest BCUT2D eigenvalue weighted by Crippen LogP contribution is -2.12. The average molecular weight is 329 g/mol. The molecule has 0 aromatic rings. The molecule has 24 heavy (non-hydrogen) atoms. The highest BCUT2D eigenvalue weighted by Crippen LogP contribution is 2.00. The zero-order chi connectivity index (χ0) is 18.0. The molecule has 1 atom stereocenters. The van der Waals surface area contributed by atoms with Crippen LogP contribution in [0.1, 0.15) is 46.0 Å². The molecule has 0 rings (SSSR count). The van der Waals surface area contributed by atoms with Gasteiger partial charge in [0.15, 0.2) is 0 Å². The van der Waals surface area contributed by atoms with Crippen molar-refractivity contribution in [1.29, 1.82) is 0 Å². The molecule has 0 fully saturated rings. The van der Waals surface area contributed by atoms with Crippen LogP contribution >= 0.6 is 0 Å². The number of hydrogen-bond acceptors (Lipinski definition) is 2. The highest BCUT2D eigenvalue weighted by atomic mass is 16.4. The van der Waals surface area contributed by atoms with Crippen molar-refractivity contribution in [3.05, 3.63) is 72.4 Å². The van der Waals surface area contributed by atoms with Crippen LogP contribution in [-0.2, 0) is 4.79 Å². The molecule has 0 aromatic heterocycles. The van der Waals surface area contributed by atoms with Gasteiger partial charge in [0.25, 0.3) is 0 Å². The fourth-order valence-corrected chi connectivity index (χ4v) is 1.70. The van der Waals surface area contributed by atoms with Crippen LogP contribution in [0, 0.1) is 0 Å². The van der Waals surface area contributed by atoms with E-state index >= 15 is 0 Å². The first kappa shape index (κ1) is 21.9. The van der Waals surface area contributed by atoms with E-state index in [1.54, 1.807) is 13.0 Å². The molecule has 0 aliphatic rings. The number of allylic oxidation sites excluding steroid dienone is 10. The van der Waals surface area contributed by atoms with Crippen molar-refractivity contribution in [2.75, 3.05) is 0 Å². The highest BCUT2D eigenvalue weighted by Gasteiger charge is 1.96. The molecular formula is C21H31NO2. The van der Waals surface area contributed by atoms with Crippen LogP contribution in [0.25, 0.3) is 0 Å². The minimum Gasteiger partial charge on any atom is -0.478 e. The summed E-state index contributed by atoms with van der Waals surface area (Å²) in [5.41, 5.74) is 6.05. The minimum absolute atomic E-state index is 0.219. The topological polar surface area (TPSA) is 63.3 Å². The number of hydrogen-bond donors (Lipinski definition) is 2. The van der Waals surface area contributed by atoms with Gasteiger partial charge in [0.2, 0.25) is 0 Å². The standard InChI is InChI=1S/C21H31NO2/c1-19(21(23)24)17-15-13-11-9-7-5-3-4-6-8-10-12-14-16-18-20(2)22/h5-12,14,16-17,20H,3-4,13,15,18,22H2,1-2H3,(H,23,24)/b7-5+,8-6+,11-9+,12-10-,16-14+,19-17+. The van der Waals surface area contributed by atoms with E-state index in [9.17, 15) is 4.79 Å². The Kier molecular flexibility index (Phi) is 14.4. The second kappa shape index (κ2) is 15.8. The summed E-state index contributed by atoms with van der Waals surface area (Å²) < 4.78 is 0. The van der Waals surface area contributed by atoms with Crippen LogP contribution in [0.15, 0.2) is 72.4 Å². The van der Waals surface area contributed by atoms with Gasteiger partial charge in [-0.3, -0.25) is 0 Å². The van der Waals surface area contributed by atoms with Crippen LogP contribution in [0.4, 0.5) is 0 Å². The normalized spacial score (nSPS) is 14.9. The van der Waals surface area contributed by atoms with Gasteiger partial charge in [-0.2, -0.15) is 0 Å². The van der Waals surface area contributed by atoms with Gasteiger partial charge in [-0.05, 0) is 46.0 Å². The molecule has 0 heterocycles. The fraction of sp³-hybridized carbons (Fsp3) is 0.381. The molecule has 0 aromatic carbocycles. The summed E-state index contributed by atoms with van der Waals surface area (Å²) in [6.45, 7) is 3.61. The largest absolute Gasteiger partial charge is 0.478 e. The Morgan fingerprint density at radius 1 is 0.875 bits per heavy atom. The van der Waals surface area contributed by atoms with Crippen molar-refractivity contribution in [3.63, 3.8) is 0 Å². The molecule has 0 radical (unpaired) electrons. The van der Waals surface area contributed by atoms with E-state index in [2.05, 4.69) is 30.4 Å². The molecule has 0 saturated carbocycles. The Hall–Kier alpha value is -2.13. The number of carboxylic acids is 1. The maximum Gasteiger partial charge on any atom is 0.330 e. The SMILES string of the molecule is C/C(=C\CC/C=C/C=C/CC/C=C/C=C\C=C\CC(C)N)C(=O)O. The third kappa shape index (κ3) is 16.2. The van der Waals surface area contributed by atoms with Crippen LogP contribution in [0.5, 0.6) is 0 Å². The summed E-state index contributed by atoms with van der Waals surface area (Å²) in [5, 5.41) is 8.70. The Labute approximate surface area is 146 Å². The van der Waals surface area contributed by atoms with E-state index in [-0.39, 0.29) is 6.04 Å². The first-order valence-electron chi connectivity index (χ1n) is 8.49. The monoisotopic (exact) mass is 329 g/mol. The molecule has 3 N–H and O–H groups in total. The summed E-state index contributed by atoms with van der Waals surface area (Å²) >= 11 is 0. The van der Waals surface area contributed by atoms with Crippen molar-refractivity contribution < 1.29 is 9.90 Å². The molecule has 1 unspecified atom stereocenters. The second-order valence-electron chi connectivity index (χ2n) is 5.66. The van der Waals surface area contributed by atoms with Crippen molar-refractivity contribution >= 4 is 5.97 Å². The number of aliphatic carboxylic acids is 1. The quantitative estimate of drug-likeness (QED) is 0.297. The first-order chi connectivity index (χ1) is 11.5. The first-order valence-corrected chi connectivity index (χ1v) is 8.49. The van der Waals surface area contributed by atoms with Crippen molar-refractivity contribution in [1.82, 2.24) is 0 Å². The number of rotatable bonds is 12. The van der Waals surface area contributed by atoms with Gasteiger partial charge in [0.1, 0.15) is 0 Å². The Morgan fingerprint density at radius 2 is 1.33 bits per heavy atom. The number of nitrogens with two attached hydrogens (primary N) is 1. The smallest absolute Gasteiger partial charge is 0.330 e. The van der Waals surface area contributed by atoms with Gasteiger partial charge >= 0.3 is 5.97 Å². The Morgan fingerprint density at radius 3 is 1.83 bits per heavy atom. The van der Waals surface area contributed by atoms with E-state index in [1.165, 1.54) is 0 Å². The van der Waals surface area contributed by atoms with Gasteiger partial charge in [-0.15, -0.1) is 0 Å². The summed E-state index contributed by atoms with van der Waals surface area (Å²) in [6, 6.07) is 0.219. The second-order valence-corrected chi connectivity index (χ2v) is 5.66. The van der Waals surface area contributed by atoms with Gasteiger partial charge in [0.05, 0.1) is 0 Å². The van der Waals surface area contributed by atoms with Crippen molar-refractivity contribution in [2.24, 2.45) is 5.73 Å². The van der Waals surface area contributed by atoms with E-state index in [0.717, 1.165) is 32.1 Å². The lowest BCUT2D eigenvalue weighted by atomic mass is 10.2. The molecular weight excluding hydrogens is 298 g/mol. The summed E-state index contributed by atoms with van der Waals surface area (Å²) in [7, 11) is 0. The molecule has 132 valence electrons. The molecule has 3 heteroatoms. The lowest BCUT2D eigenvalue weighted by Gasteiger charge is -1.95. The third-order valence-electron chi connectivity index (χ3n) is 3.12. The Bertz CT molecular complexity index is 506. The molecule has 0 spiro atoms. The van der Waals surface area contributed by atoms with Crippen LogP contribution in [0.3, 0.4) is 0 Å². The van der Waals surface area contributed by atoms with E-state index in [1.807, 2.05) is 37.3 Å². The zero-order valence-corrected chi connectivity index (χ0v) is 14.9. The molecule has 3 nitrogen and oxygen atoms in total. The average Bonchev–Trinajstić information content (AvgIpc) is 2.53. The molecule has 0 aliphatic carbocycles. The van der Waals surface area contributed by atoms with Crippen LogP contribution in [-0.4, -0.2) is 17.1 Å². The van der Waals surface area contributed by atoms with Crippen molar-refractivity contribution in [3.8, 4) is 0 Å². The maximum atomic E-state index is 10.6. The summed E-state index contributed by atoms with van der Waals surface area (Å²) in [4.78, 5) is 10.6.